The summed E-state index contributed by atoms with van der Waals surface area (Å²) in [6.07, 6.45) is 0. The van der Waals surface area contributed by atoms with Crippen molar-refractivity contribution in [2.45, 2.75) is 38.0 Å². The molecule has 0 N–H and O–H groups in total. The lowest BCUT2D eigenvalue weighted by Crippen LogP contribution is -2.04. The predicted molar refractivity (Wildman–Crippen MR) is 43.4 cm³/mol. The minimum Gasteiger partial charge on any atom is -0.115 e. The molecule has 1 unspecified atom stereocenters. The molecule has 0 amide bonds. The summed E-state index contributed by atoms with van der Waals surface area (Å²) in [7, 11) is 0.863. The van der Waals surface area contributed by atoms with Crippen LogP contribution in [-0.2, 0) is 0 Å². The smallest absolute Gasteiger partial charge is 0.0559 e. The van der Waals surface area contributed by atoms with E-state index in [1.54, 1.807) is 0 Å². The maximum Gasteiger partial charge on any atom is 0.0559 e. The van der Waals surface area contributed by atoms with Gasteiger partial charge < -0.3 is 0 Å². The molecule has 8 heavy (non-hydrogen) atoms. The van der Waals surface area contributed by atoms with Gasteiger partial charge in [-0.1, -0.05) is 22.4 Å². The van der Waals surface area contributed by atoms with Crippen molar-refractivity contribution in [1.82, 2.24) is 0 Å². The Balaban J connectivity index is 3.39. The predicted octanol–water partition coefficient (Wildman–Crippen LogP) is 3.05. The molecule has 0 nitrogen and oxygen atoms in total. The Hall–Kier alpha value is 0.720. The second-order valence-electron chi connectivity index (χ2n) is 2.77. The van der Waals surface area contributed by atoms with Crippen LogP contribution in [0.5, 0.6) is 0 Å². The van der Waals surface area contributed by atoms with Crippen LogP contribution >= 0.6 is 20.2 Å². The minimum atomic E-state index is 0.0220. The van der Waals surface area contributed by atoms with Crippen molar-refractivity contribution in [2.24, 2.45) is 0 Å². The van der Waals surface area contributed by atoms with Crippen molar-refractivity contribution < 1.29 is 0 Å². The van der Waals surface area contributed by atoms with Crippen molar-refractivity contribution in [3.05, 3.63) is 0 Å². The van der Waals surface area contributed by atoms with Gasteiger partial charge >= 0.3 is 0 Å². The summed E-state index contributed by atoms with van der Waals surface area (Å²) in [6.45, 7) is 8.52. The molecular weight excluding hydrogens is 138 g/mol. The average Bonchev–Trinajstić information content (AvgIpc) is 1.21. The fourth-order valence-electron chi connectivity index (χ4n) is 0.686. The quantitative estimate of drug-likeness (QED) is 0.422. The lowest BCUT2D eigenvalue weighted by Gasteiger charge is -2.17. The Morgan fingerprint density at radius 2 is 1.75 bits per heavy atom. The molecule has 0 heterocycles. The molecule has 0 aromatic carbocycles. The Labute approximate surface area is 58.8 Å². The summed E-state index contributed by atoms with van der Waals surface area (Å²) in [4.78, 5) is 0. The van der Waals surface area contributed by atoms with Crippen LogP contribution < -0.4 is 0 Å². The fraction of sp³-hybridized carbons (Fsp3) is 1.00. The van der Waals surface area contributed by atoms with Crippen molar-refractivity contribution >= 4 is 20.2 Å². The van der Waals surface area contributed by atoms with E-state index in [1.807, 2.05) is 0 Å². The van der Waals surface area contributed by atoms with E-state index < -0.39 is 0 Å². The van der Waals surface area contributed by atoms with Gasteiger partial charge in [0.15, 0.2) is 0 Å². The first-order valence-corrected chi connectivity index (χ1v) is 4.34. The summed E-state index contributed by atoms with van der Waals surface area (Å²) in [5.41, 5.74) is 0.738. The van der Waals surface area contributed by atoms with Crippen LogP contribution in [0.3, 0.4) is 0 Å². The lowest BCUT2D eigenvalue weighted by molar-refractivity contribution is 0.966. The second kappa shape index (κ2) is 3.03. The molecule has 0 spiro atoms. The van der Waals surface area contributed by atoms with E-state index in [0.717, 1.165) is 14.2 Å². The van der Waals surface area contributed by atoms with Crippen molar-refractivity contribution in [1.29, 1.82) is 0 Å². The maximum atomic E-state index is 5.94. The van der Waals surface area contributed by atoms with E-state index in [1.165, 1.54) is 0 Å². The van der Waals surface area contributed by atoms with Crippen LogP contribution in [-0.4, -0.2) is 10.3 Å². The van der Waals surface area contributed by atoms with E-state index in [-0.39, 0.29) is 4.62 Å². The molecule has 0 saturated heterocycles. The van der Waals surface area contributed by atoms with Gasteiger partial charge in [-0.05, 0) is 19.5 Å². The Bertz CT molecular complexity index is 63.4. The molecule has 0 aromatic heterocycles. The van der Waals surface area contributed by atoms with Gasteiger partial charge in [-0.3, -0.25) is 0 Å². The molecule has 0 aliphatic carbocycles. The van der Waals surface area contributed by atoms with Gasteiger partial charge in [0.2, 0.25) is 0 Å². The first-order valence-electron chi connectivity index (χ1n) is 2.88. The maximum absolute atomic E-state index is 5.94. The standard InChI is InChI=1S/C6H14ClP/c1-5(2)8-6(3,4)7/h5,8H,1-4H3. The molecule has 0 rings (SSSR count). The number of rotatable bonds is 2. The van der Waals surface area contributed by atoms with Crippen LogP contribution in [0.25, 0.3) is 0 Å². The monoisotopic (exact) mass is 152 g/mol. The Morgan fingerprint density at radius 1 is 1.38 bits per heavy atom. The first-order chi connectivity index (χ1) is 3.42. The molecule has 1 atom stereocenters. The molecule has 0 radical (unpaired) electrons. The van der Waals surface area contributed by atoms with Gasteiger partial charge in [0.1, 0.15) is 0 Å². The Morgan fingerprint density at radius 3 is 1.75 bits per heavy atom. The average molecular weight is 153 g/mol. The molecule has 50 valence electrons. The molecule has 0 aromatic rings. The van der Waals surface area contributed by atoms with Gasteiger partial charge in [0, 0.05) is 0 Å². The zero-order valence-electron chi connectivity index (χ0n) is 5.96. The third kappa shape index (κ3) is 6.72. The van der Waals surface area contributed by atoms with E-state index in [4.69, 9.17) is 11.6 Å². The van der Waals surface area contributed by atoms with Gasteiger partial charge in [-0.15, -0.1) is 11.6 Å². The molecule has 0 aliphatic heterocycles. The molecule has 2 heteroatoms. The summed E-state index contributed by atoms with van der Waals surface area (Å²) < 4.78 is 0.0220. The van der Waals surface area contributed by atoms with Crippen molar-refractivity contribution in [3.8, 4) is 0 Å². The van der Waals surface area contributed by atoms with Gasteiger partial charge in [0.25, 0.3) is 0 Å². The molecule has 0 aliphatic rings. The second-order valence-corrected chi connectivity index (χ2v) is 6.73. The highest BCUT2D eigenvalue weighted by atomic mass is 35.5. The third-order valence-electron chi connectivity index (χ3n) is 0.632. The summed E-state index contributed by atoms with van der Waals surface area (Å²) in [6, 6.07) is 0. The van der Waals surface area contributed by atoms with Crippen LogP contribution in [0.4, 0.5) is 0 Å². The SMILES string of the molecule is CC(C)PC(C)(C)Cl. The van der Waals surface area contributed by atoms with Gasteiger partial charge in [-0.25, -0.2) is 0 Å². The van der Waals surface area contributed by atoms with Crippen LogP contribution in [0.1, 0.15) is 27.7 Å². The van der Waals surface area contributed by atoms with Crippen LogP contribution in [0, 0.1) is 0 Å². The number of halogens is 1. The first kappa shape index (κ1) is 8.72. The van der Waals surface area contributed by atoms with E-state index in [2.05, 4.69) is 27.7 Å². The van der Waals surface area contributed by atoms with Crippen LogP contribution in [0.15, 0.2) is 0 Å². The highest BCUT2D eigenvalue weighted by molar-refractivity contribution is 7.43. The fourth-order valence-corrected chi connectivity index (χ4v) is 2.71. The third-order valence-corrected chi connectivity index (χ3v) is 2.22. The zero-order chi connectivity index (χ0) is 6.78. The Kier molecular flexibility index (Phi) is 3.31. The van der Waals surface area contributed by atoms with E-state index in [9.17, 15) is 0 Å². The highest BCUT2D eigenvalue weighted by Gasteiger charge is 2.13. The summed E-state index contributed by atoms with van der Waals surface area (Å²) in [5.74, 6) is 0. The number of alkyl halides is 1. The largest absolute Gasteiger partial charge is 0.115 e. The number of hydrogen-bond donors (Lipinski definition) is 0. The molecule has 0 saturated carbocycles. The summed E-state index contributed by atoms with van der Waals surface area (Å²) >= 11 is 5.94. The van der Waals surface area contributed by atoms with E-state index >= 15 is 0 Å². The molecular formula is C6H14ClP. The number of hydrogen-bond acceptors (Lipinski definition) is 0. The van der Waals surface area contributed by atoms with Crippen molar-refractivity contribution in [2.75, 3.05) is 0 Å². The van der Waals surface area contributed by atoms with Crippen LogP contribution in [0.2, 0.25) is 0 Å². The van der Waals surface area contributed by atoms with Gasteiger partial charge in [-0.2, -0.15) is 0 Å². The van der Waals surface area contributed by atoms with Crippen molar-refractivity contribution in [3.63, 3.8) is 0 Å². The molecule has 0 fully saturated rings. The zero-order valence-corrected chi connectivity index (χ0v) is 7.71. The summed E-state index contributed by atoms with van der Waals surface area (Å²) in [5, 5.41) is 0. The highest BCUT2D eigenvalue weighted by Crippen LogP contribution is 2.38. The lowest BCUT2D eigenvalue weighted by atomic mass is 10.5. The topological polar surface area (TPSA) is 0 Å². The van der Waals surface area contributed by atoms with Gasteiger partial charge in [0.05, 0.1) is 4.62 Å². The normalized spacial score (nSPS) is 14.2. The molecule has 0 bridgehead atoms. The minimum absolute atomic E-state index is 0.0220. The van der Waals surface area contributed by atoms with E-state index in [0.29, 0.717) is 0 Å².